The molecular weight excluding hydrogens is 237 g/mol. The molecule has 0 nitrogen and oxygen atoms in total. The van der Waals surface area contributed by atoms with E-state index in [2.05, 4.69) is 0 Å². The first-order valence-electron chi connectivity index (χ1n) is 5.73. The van der Waals surface area contributed by atoms with Crippen LogP contribution in [0.15, 0.2) is 0 Å². The number of rotatable bonds is 5. The van der Waals surface area contributed by atoms with Crippen LogP contribution in [0.1, 0.15) is 47.5 Å². The van der Waals surface area contributed by atoms with E-state index >= 15 is 0 Å². The number of hydrogen-bond acceptors (Lipinski definition) is 0. The topological polar surface area (TPSA) is 0 Å². The van der Waals surface area contributed by atoms with Crippen LogP contribution in [-0.4, -0.2) is 11.6 Å². The highest BCUT2D eigenvalue weighted by Crippen LogP contribution is 2.45. The van der Waals surface area contributed by atoms with Gasteiger partial charge in [0.05, 0.1) is 5.92 Å². The van der Waals surface area contributed by atoms with Crippen molar-refractivity contribution >= 4 is 11.6 Å². The highest BCUT2D eigenvalue weighted by atomic mass is 35.5. The van der Waals surface area contributed by atoms with E-state index < -0.39 is 17.5 Å². The zero-order valence-electron chi connectivity index (χ0n) is 10.7. The molecule has 4 heteroatoms. The highest BCUT2D eigenvalue weighted by Gasteiger charge is 2.48. The third-order valence-electron chi connectivity index (χ3n) is 3.19. The second kappa shape index (κ2) is 5.61. The van der Waals surface area contributed by atoms with Crippen LogP contribution in [0.3, 0.4) is 0 Å². The lowest BCUT2D eigenvalue weighted by Crippen LogP contribution is -2.38. The van der Waals surface area contributed by atoms with Crippen molar-refractivity contribution in [2.45, 2.75) is 59.0 Å². The van der Waals surface area contributed by atoms with Gasteiger partial charge in [0.25, 0.3) is 0 Å². The van der Waals surface area contributed by atoms with Gasteiger partial charge >= 0.3 is 6.18 Å². The van der Waals surface area contributed by atoms with Crippen molar-refractivity contribution in [1.29, 1.82) is 0 Å². The molecule has 0 aromatic rings. The molecule has 0 N–H and O–H groups in total. The zero-order chi connectivity index (χ0) is 13.1. The van der Waals surface area contributed by atoms with Crippen molar-refractivity contribution in [3.8, 4) is 0 Å². The Hall–Kier alpha value is 0.0800. The van der Waals surface area contributed by atoms with Crippen LogP contribution in [0.5, 0.6) is 0 Å². The van der Waals surface area contributed by atoms with Crippen molar-refractivity contribution < 1.29 is 13.2 Å². The minimum Gasteiger partial charge on any atom is -0.171 e. The second-order valence-corrected chi connectivity index (χ2v) is 6.02. The van der Waals surface area contributed by atoms with Crippen LogP contribution >= 0.6 is 11.6 Å². The maximum Gasteiger partial charge on any atom is 0.392 e. The van der Waals surface area contributed by atoms with E-state index in [0.29, 0.717) is 6.42 Å². The largest absolute Gasteiger partial charge is 0.392 e. The molecule has 0 amide bonds. The number of hydrogen-bond donors (Lipinski definition) is 0. The first-order valence-corrected chi connectivity index (χ1v) is 6.16. The summed E-state index contributed by atoms with van der Waals surface area (Å²) in [5, 5.41) is -0.202. The fourth-order valence-corrected chi connectivity index (χ4v) is 2.51. The van der Waals surface area contributed by atoms with Gasteiger partial charge in [-0.3, -0.25) is 0 Å². The van der Waals surface area contributed by atoms with Crippen LogP contribution < -0.4 is 0 Å². The molecule has 0 fully saturated rings. The number of alkyl halides is 4. The normalized spacial score (nSPS) is 17.6. The van der Waals surface area contributed by atoms with E-state index in [0.717, 1.165) is 0 Å². The van der Waals surface area contributed by atoms with Gasteiger partial charge in [-0.25, -0.2) is 0 Å². The fraction of sp³-hybridized carbons (Fsp3) is 1.00. The molecule has 0 aliphatic rings. The molecule has 0 aliphatic carbocycles. The Labute approximate surface area is 102 Å². The standard InChI is InChI=1S/C12H22ClF3/c1-6-10(12(14,15)16)11(4,5)7-9(13)8(2)3/h8-10H,6-7H2,1-5H3. The summed E-state index contributed by atoms with van der Waals surface area (Å²) >= 11 is 6.08. The van der Waals surface area contributed by atoms with Gasteiger partial charge < -0.3 is 0 Å². The third-order valence-corrected chi connectivity index (χ3v) is 3.85. The van der Waals surface area contributed by atoms with Gasteiger partial charge in [0, 0.05) is 5.38 Å². The average molecular weight is 259 g/mol. The average Bonchev–Trinajstić information content (AvgIpc) is 1.99. The van der Waals surface area contributed by atoms with E-state index in [1.165, 1.54) is 0 Å². The summed E-state index contributed by atoms with van der Waals surface area (Å²) in [5.41, 5.74) is -0.802. The van der Waals surface area contributed by atoms with Crippen molar-refractivity contribution in [3.63, 3.8) is 0 Å². The van der Waals surface area contributed by atoms with Gasteiger partial charge in [-0.1, -0.05) is 34.6 Å². The van der Waals surface area contributed by atoms with Crippen molar-refractivity contribution in [2.24, 2.45) is 17.3 Å². The second-order valence-electron chi connectivity index (χ2n) is 5.46. The van der Waals surface area contributed by atoms with Crippen molar-refractivity contribution in [2.75, 3.05) is 0 Å². The van der Waals surface area contributed by atoms with Crippen LogP contribution in [0.2, 0.25) is 0 Å². The molecule has 98 valence electrons. The molecule has 2 atom stereocenters. The summed E-state index contributed by atoms with van der Waals surface area (Å²) in [5.74, 6) is -1.08. The van der Waals surface area contributed by atoms with E-state index in [1.54, 1.807) is 20.8 Å². The summed E-state index contributed by atoms with van der Waals surface area (Å²) < 4.78 is 38.5. The van der Waals surface area contributed by atoms with Gasteiger partial charge in [-0.2, -0.15) is 13.2 Å². The summed E-state index contributed by atoms with van der Waals surface area (Å²) in [6.07, 6.45) is -3.63. The molecule has 0 bridgehead atoms. The van der Waals surface area contributed by atoms with Crippen molar-refractivity contribution in [3.05, 3.63) is 0 Å². The maximum absolute atomic E-state index is 12.8. The lowest BCUT2D eigenvalue weighted by molar-refractivity contribution is -0.204. The molecule has 0 saturated carbocycles. The van der Waals surface area contributed by atoms with E-state index in [9.17, 15) is 13.2 Å². The molecule has 16 heavy (non-hydrogen) atoms. The molecule has 0 aromatic heterocycles. The van der Waals surface area contributed by atoms with Gasteiger partial charge in [0.1, 0.15) is 0 Å². The Balaban J connectivity index is 4.74. The van der Waals surface area contributed by atoms with Crippen LogP contribution in [-0.2, 0) is 0 Å². The van der Waals surface area contributed by atoms with Gasteiger partial charge in [0.15, 0.2) is 0 Å². The molecule has 0 aromatic carbocycles. The molecule has 0 radical (unpaired) electrons. The predicted octanol–water partition coefficient (Wildman–Crippen LogP) is 5.25. The number of halogens is 4. The van der Waals surface area contributed by atoms with Crippen molar-refractivity contribution in [1.82, 2.24) is 0 Å². The molecular formula is C12H22ClF3. The SMILES string of the molecule is CCC(C(F)(F)F)C(C)(C)CC(Cl)C(C)C. The Morgan fingerprint density at radius 1 is 1.12 bits per heavy atom. The fourth-order valence-electron chi connectivity index (χ4n) is 2.11. The summed E-state index contributed by atoms with van der Waals surface area (Å²) in [7, 11) is 0. The van der Waals surface area contributed by atoms with Gasteiger partial charge in [-0.05, 0) is 24.2 Å². The smallest absolute Gasteiger partial charge is 0.171 e. The van der Waals surface area contributed by atoms with Gasteiger partial charge in [0.2, 0.25) is 0 Å². The molecule has 0 spiro atoms. The molecule has 0 saturated heterocycles. The molecule has 0 aliphatic heterocycles. The summed E-state index contributed by atoms with van der Waals surface area (Å²) in [4.78, 5) is 0. The lowest BCUT2D eigenvalue weighted by Gasteiger charge is -2.37. The quantitative estimate of drug-likeness (QED) is 0.591. The minimum atomic E-state index is -4.13. The Bertz CT molecular complexity index is 209. The van der Waals surface area contributed by atoms with E-state index in [4.69, 9.17) is 11.6 Å². The monoisotopic (exact) mass is 258 g/mol. The van der Waals surface area contributed by atoms with E-state index in [-0.39, 0.29) is 17.7 Å². The Kier molecular flexibility index (Phi) is 5.64. The Morgan fingerprint density at radius 3 is 1.81 bits per heavy atom. The summed E-state index contributed by atoms with van der Waals surface area (Å²) in [6.45, 7) is 8.77. The first kappa shape index (κ1) is 16.1. The van der Waals surface area contributed by atoms with Crippen LogP contribution in [0, 0.1) is 17.3 Å². The van der Waals surface area contributed by atoms with Gasteiger partial charge in [-0.15, -0.1) is 11.6 Å². The van der Waals surface area contributed by atoms with E-state index in [1.807, 2.05) is 13.8 Å². The third kappa shape index (κ3) is 4.52. The predicted molar refractivity (Wildman–Crippen MR) is 62.7 cm³/mol. The lowest BCUT2D eigenvalue weighted by atomic mass is 9.72. The molecule has 0 rings (SSSR count). The van der Waals surface area contributed by atoms with Crippen LogP contribution in [0.25, 0.3) is 0 Å². The summed E-state index contributed by atoms with van der Waals surface area (Å²) in [6, 6.07) is 0. The zero-order valence-corrected chi connectivity index (χ0v) is 11.4. The minimum absolute atomic E-state index is 0.109. The maximum atomic E-state index is 12.8. The highest BCUT2D eigenvalue weighted by molar-refractivity contribution is 6.20. The first-order chi connectivity index (χ1) is 7.02. The molecule has 2 unspecified atom stereocenters. The Morgan fingerprint density at radius 2 is 1.56 bits per heavy atom. The van der Waals surface area contributed by atoms with Crippen LogP contribution in [0.4, 0.5) is 13.2 Å². The molecule has 0 heterocycles.